The van der Waals surface area contributed by atoms with Crippen LogP contribution in [-0.4, -0.2) is 37.1 Å². The molecule has 0 saturated carbocycles. The van der Waals surface area contributed by atoms with Gasteiger partial charge in [-0.25, -0.2) is 0 Å². The molecule has 0 heterocycles. The van der Waals surface area contributed by atoms with Crippen LogP contribution >= 0.6 is 0 Å². The van der Waals surface area contributed by atoms with Gasteiger partial charge in [-0.05, 0) is 6.92 Å². The molecule has 0 aromatic heterocycles. The summed E-state index contributed by atoms with van der Waals surface area (Å²) in [6, 6.07) is 4.01. The summed E-state index contributed by atoms with van der Waals surface area (Å²) in [6.45, 7) is 3.24. The molecule has 0 fully saturated rings. The van der Waals surface area contributed by atoms with Crippen molar-refractivity contribution in [2.24, 2.45) is 0 Å². The van der Waals surface area contributed by atoms with E-state index in [1.165, 1.54) is 0 Å². The number of esters is 1. The molecule has 0 aliphatic carbocycles. The molecule has 0 atom stereocenters. The molecule has 0 radical (unpaired) electrons. The summed E-state index contributed by atoms with van der Waals surface area (Å²) in [5.74, 6) is -0.312. The maximum Gasteiger partial charge on any atom is 0.320 e. The monoisotopic (exact) mass is 209 g/mol. The highest BCUT2D eigenvalue weighted by molar-refractivity contribution is 5.71. The van der Waals surface area contributed by atoms with Crippen LogP contribution < -0.4 is 0 Å². The van der Waals surface area contributed by atoms with Gasteiger partial charge >= 0.3 is 5.97 Å². The molecule has 0 saturated heterocycles. The normalized spacial score (nSPS) is 9.33. The van der Waals surface area contributed by atoms with Gasteiger partial charge in [0.2, 0.25) is 0 Å². The van der Waals surface area contributed by atoms with Crippen LogP contribution in [0.1, 0.15) is 19.8 Å². The van der Waals surface area contributed by atoms with E-state index in [1.807, 2.05) is 12.1 Å². The smallest absolute Gasteiger partial charge is 0.320 e. The lowest BCUT2D eigenvalue weighted by molar-refractivity contribution is -0.144. The van der Waals surface area contributed by atoms with Crippen molar-refractivity contribution in [3.8, 4) is 12.1 Å². The van der Waals surface area contributed by atoms with E-state index in [0.717, 1.165) is 0 Å². The summed E-state index contributed by atoms with van der Waals surface area (Å²) >= 11 is 0. The largest absolute Gasteiger partial charge is 0.465 e. The summed E-state index contributed by atoms with van der Waals surface area (Å²) in [6.07, 6.45) is 0.704. The lowest BCUT2D eigenvalue weighted by Gasteiger charge is -2.18. The molecule has 82 valence electrons. The van der Waals surface area contributed by atoms with Gasteiger partial charge in [0.25, 0.3) is 0 Å². The Hall–Kier alpha value is -1.59. The van der Waals surface area contributed by atoms with Crippen LogP contribution in [0, 0.1) is 22.7 Å². The Balaban J connectivity index is 3.95. The fourth-order valence-electron chi connectivity index (χ4n) is 1.08. The Morgan fingerprint density at radius 1 is 1.27 bits per heavy atom. The molecule has 0 aliphatic rings. The molecule has 0 spiro atoms. The minimum atomic E-state index is -0.312. The van der Waals surface area contributed by atoms with Gasteiger partial charge in [-0.1, -0.05) is 0 Å². The fraction of sp³-hybridized carbons (Fsp3) is 0.700. The number of rotatable bonds is 7. The molecule has 0 aliphatic heterocycles. The minimum Gasteiger partial charge on any atom is -0.465 e. The number of hydrogen-bond acceptors (Lipinski definition) is 5. The van der Waals surface area contributed by atoms with Gasteiger partial charge in [-0.3, -0.25) is 9.69 Å². The maximum atomic E-state index is 11.2. The maximum absolute atomic E-state index is 11.2. The zero-order valence-corrected chi connectivity index (χ0v) is 8.90. The molecule has 0 aromatic rings. The van der Waals surface area contributed by atoms with Crippen LogP contribution in [0.4, 0.5) is 0 Å². The molecule has 15 heavy (non-hydrogen) atoms. The van der Waals surface area contributed by atoms with E-state index in [4.69, 9.17) is 15.3 Å². The Bertz CT molecular complexity index is 247. The Labute approximate surface area is 89.8 Å². The third-order valence-electron chi connectivity index (χ3n) is 1.74. The molecule has 0 rings (SSSR count). The van der Waals surface area contributed by atoms with Gasteiger partial charge in [-0.15, -0.1) is 0 Å². The summed E-state index contributed by atoms with van der Waals surface area (Å²) < 4.78 is 4.79. The van der Waals surface area contributed by atoms with Crippen molar-refractivity contribution in [1.82, 2.24) is 4.90 Å². The second-order valence-corrected chi connectivity index (χ2v) is 2.90. The molecule has 5 nitrogen and oxygen atoms in total. The standard InChI is InChI=1S/C10H15N3O2/c1-2-15-10(14)9-13(7-3-5-11)8-4-6-12/h2-4,7-9H2,1H3. The molecule has 5 heteroatoms. The second-order valence-electron chi connectivity index (χ2n) is 2.90. The van der Waals surface area contributed by atoms with Crippen LogP contribution in [-0.2, 0) is 9.53 Å². The first-order chi connectivity index (χ1) is 7.24. The van der Waals surface area contributed by atoms with Crippen LogP contribution in [0.25, 0.3) is 0 Å². The summed E-state index contributed by atoms with van der Waals surface area (Å²) in [7, 11) is 0. The highest BCUT2D eigenvalue weighted by Gasteiger charge is 2.10. The SMILES string of the molecule is CCOC(=O)CN(CCC#N)CCC#N. The molecule has 0 N–H and O–H groups in total. The van der Waals surface area contributed by atoms with E-state index < -0.39 is 0 Å². The zero-order valence-electron chi connectivity index (χ0n) is 8.90. The average Bonchev–Trinajstić information content (AvgIpc) is 2.22. The van der Waals surface area contributed by atoms with Crippen molar-refractivity contribution in [2.45, 2.75) is 19.8 Å². The van der Waals surface area contributed by atoms with Gasteiger partial charge in [-0.2, -0.15) is 10.5 Å². The number of hydrogen-bond donors (Lipinski definition) is 0. The van der Waals surface area contributed by atoms with Crippen molar-refractivity contribution >= 4 is 5.97 Å². The summed E-state index contributed by atoms with van der Waals surface area (Å²) in [5.41, 5.74) is 0. The number of nitriles is 2. The molecule has 0 aromatic carbocycles. The van der Waals surface area contributed by atoms with E-state index in [1.54, 1.807) is 11.8 Å². The van der Waals surface area contributed by atoms with E-state index >= 15 is 0 Å². The van der Waals surface area contributed by atoms with E-state index in [9.17, 15) is 4.79 Å². The van der Waals surface area contributed by atoms with Crippen molar-refractivity contribution in [3.63, 3.8) is 0 Å². The summed E-state index contributed by atoms with van der Waals surface area (Å²) in [5, 5.41) is 16.8. The minimum absolute atomic E-state index is 0.150. The predicted octanol–water partition coefficient (Wildman–Crippen LogP) is 0.679. The second kappa shape index (κ2) is 8.98. The van der Waals surface area contributed by atoms with Crippen molar-refractivity contribution < 1.29 is 9.53 Å². The van der Waals surface area contributed by atoms with Gasteiger partial charge in [0, 0.05) is 25.9 Å². The van der Waals surface area contributed by atoms with Crippen LogP contribution in [0.2, 0.25) is 0 Å². The van der Waals surface area contributed by atoms with Gasteiger partial charge < -0.3 is 4.74 Å². The number of ether oxygens (including phenoxy) is 1. The predicted molar refractivity (Wildman–Crippen MR) is 53.5 cm³/mol. The molecule has 0 bridgehead atoms. The molecule has 0 unspecified atom stereocenters. The zero-order chi connectivity index (χ0) is 11.5. The van der Waals surface area contributed by atoms with Crippen LogP contribution in [0.15, 0.2) is 0 Å². The van der Waals surface area contributed by atoms with Crippen molar-refractivity contribution in [2.75, 3.05) is 26.2 Å². The van der Waals surface area contributed by atoms with Gasteiger partial charge in [0.1, 0.15) is 0 Å². The van der Waals surface area contributed by atoms with Crippen molar-refractivity contribution in [1.29, 1.82) is 10.5 Å². The first-order valence-corrected chi connectivity index (χ1v) is 4.86. The topological polar surface area (TPSA) is 77.1 Å². The molecular weight excluding hydrogens is 194 g/mol. The highest BCUT2D eigenvalue weighted by atomic mass is 16.5. The molecule has 0 amide bonds. The number of carbonyl (C=O) groups is 1. The van der Waals surface area contributed by atoms with E-state index in [0.29, 0.717) is 32.5 Å². The third-order valence-corrected chi connectivity index (χ3v) is 1.74. The Kier molecular flexibility index (Phi) is 8.03. The van der Waals surface area contributed by atoms with Gasteiger partial charge in [0.15, 0.2) is 0 Å². The first kappa shape index (κ1) is 13.4. The first-order valence-electron chi connectivity index (χ1n) is 4.86. The van der Waals surface area contributed by atoms with E-state index in [2.05, 4.69) is 0 Å². The summed E-state index contributed by atoms with van der Waals surface area (Å²) in [4.78, 5) is 12.9. The van der Waals surface area contributed by atoms with E-state index in [-0.39, 0.29) is 12.5 Å². The van der Waals surface area contributed by atoms with Crippen LogP contribution in [0.3, 0.4) is 0 Å². The third kappa shape index (κ3) is 7.48. The Morgan fingerprint density at radius 3 is 2.20 bits per heavy atom. The molecular formula is C10H15N3O2. The average molecular weight is 209 g/mol. The van der Waals surface area contributed by atoms with Gasteiger partial charge in [0.05, 0.1) is 25.3 Å². The Morgan fingerprint density at radius 2 is 1.80 bits per heavy atom. The fourth-order valence-corrected chi connectivity index (χ4v) is 1.08. The highest BCUT2D eigenvalue weighted by Crippen LogP contribution is 1.95. The lowest BCUT2D eigenvalue weighted by Crippen LogP contribution is -2.32. The quantitative estimate of drug-likeness (QED) is 0.576. The van der Waals surface area contributed by atoms with Crippen LogP contribution in [0.5, 0.6) is 0 Å². The lowest BCUT2D eigenvalue weighted by atomic mass is 10.3. The number of nitrogens with zero attached hydrogens (tertiary/aromatic N) is 3. The number of carbonyl (C=O) groups excluding carboxylic acids is 1. The van der Waals surface area contributed by atoms with Crippen molar-refractivity contribution in [3.05, 3.63) is 0 Å².